The van der Waals surface area contributed by atoms with Gasteiger partial charge in [0.2, 0.25) is 0 Å². The number of carbonyl (C=O) groups is 2. The highest BCUT2D eigenvalue weighted by Crippen LogP contribution is 2.37. The summed E-state index contributed by atoms with van der Waals surface area (Å²) in [6.07, 6.45) is 3.85. The van der Waals surface area contributed by atoms with Gasteiger partial charge >= 0.3 is 5.97 Å². The quantitative estimate of drug-likeness (QED) is 0.234. The Morgan fingerprint density at radius 1 is 1.24 bits per heavy atom. The molecule has 2 aliphatic heterocycles. The van der Waals surface area contributed by atoms with Crippen LogP contribution in [-0.4, -0.2) is 52.5 Å². The van der Waals surface area contributed by atoms with E-state index in [2.05, 4.69) is 6.07 Å². The average molecular weight is 595 g/mol. The average Bonchev–Trinajstić information content (AvgIpc) is 3.23. The molecular formula is C30H34N4O5S2. The third kappa shape index (κ3) is 6.34. The molecule has 216 valence electrons. The van der Waals surface area contributed by atoms with E-state index in [4.69, 9.17) is 21.7 Å². The molecule has 2 aromatic rings. The van der Waals surface area contributed by atoms with Crippen LogP contribution in [0.25, 0.3) is 6.08 Å². The Bertz CT molecular complexity index is 1480. The Kier molecular flexibility index (Phi) is 9.89. The summed E-state index contributed by atoms with van der Waals surface area (Å²) in [5.74, 6) is 0.507. The maximum atomic E-state index is 13.6. The third-order valence-corrected chi connectivity index (χ3v) is 8.66. The van der Waals surface area contributed by atoms with Gasteiger partial charge in [0, 0.05) is 25.2 Å². The summed E-state index contributed by atoms with van der Waals surface area (Å²) in [5.41, 5.74) is 1.69. The van der Waals surface area contributed by atoms with Gasteiger partial charge in [-0.2, -0.15) is 5.26 Å². The normalized spacial score (nSPS) is 18.1. The summed E-state index contributed by atoms with van der Waals surface area (Å²) in [4.78, 5) is 43.7. The van der Waals surface area contributed by atoms with E-state index in [9.17, 15) is 19.6 Å². The van der Waals surface area contributed by atoms with Crippen LogP contribution in [0.15, 0.2) is 34.0 Å². The second-order valence-electron chi connectivity index (χ2n) is 9.96. The van der Waals surface area contributed by atoms with Crippen molar-refractivity contribution in [2.75, 3.05) is 31.7 Å². The first-order chi connectivity index (χ1) is 19.7. The number of ether oxygens (including phenoxy) is 2. The van der Waals surface area contributed by atoms with E-state index in [1.165, 1.54) is 11.8 Å². The van der Waals surface area contributed by atoms with E-state index in [-0.39, 0.29) is 28.9 Å². The number of pyridine rings is 1. The number of thiocarbonyl (C=S) groups is 1. The van der Waals surface area contributed by atoms with E-state index in [0.29, 0.717) is 71.8 Å². The summed E-state index contributed by atoms with van der Waals surface area (Å²) in [5, 5.41) is 9.92. The van der Waals surface area contributed by atoms with Gasteiger partial charge in [0.1, 0.15) is 27.5 Å². The number of esters is 1. The molecule has 1 aromatic heterocycles. The summed E-state index contributed by atoms with van der Waals surface area (Å²) < 4.78 is 12.6. The van der Waals surface area contributed by atoms with Crippen molar-refractivity contribution >= 4 is 52.1 Å². The number of anilines is 1. The fourth-order valence-electron chi connectivity index (χ4n) is 5.22. The van der Waals surface area contributed by atoms with Crippen LogP contribution in [-0.2, 0) is 27.4 Å². The molecule has 3 heterocycles. The number of aromatic nitrogens is 1. The van der Waals surface area contributed by atoms with Crippen LogP contribution in [0.1, 0.15) is 55.4 Å². The molecule has 0 saturated carbocycles. The first-order valence-electron chi connectivity index (χ1n) is 13.7. The number of rotatable bonds is 9. The van der Waals surface area contributed by atoms with E-state index in [1.54, 1.807) is 36.5 Å². The SMILES string of the molecule is CCCn1c(N2CCCC(C(=O)OCC)C2)c(/C=C2\SC(=S)N(Cc3ccc(OC)cc3)C2=O)c(C)c(C#N)c1=O. The molecule has 2 saturated heterocycles. The van der Waals surface area contributed by atoms with Gasteiger partial charge in [-0.3, -0.25) is 23.9 Å². The number of hydrogen-bond donors (Lipinski definition) is 0. The molecule has 0 bridgehead atoms. The van der Waals surface area contributed by atoms with Gasteiger partial charge in [0.05, 0.1) is 31.1 Å². The molecule has 2 aliphatic rings. The Morgan fingerprint density at radius 3 is 2.61 bits per heavy atom. The number of thioether (sulfide) groups is 1. The zero-order chi connectivity index (χ0) is 29.7. The standard InChI is InChI=1S/C30H34N4O5S2/c1-5-13-33-26(32-14-7-8-21(18-32)29(37)39-6-2)23(19(3)24(16-31)27(33)35)15-25-28(36)34(30(40)41-25)17-20-9-11-22(38-4)12-10-20/h9-12,15,21H,5-8,13-14,17-18H2,1-4H3/b25-15-. The largest absolute Gasteiger partial charge is 0.497 e. The van der Waals surface area contributed by atoms with Crippen LogP contribution in [0.4, 0.5) is 5.82 Å². The molecule has 11 heteroatoms. The zero-order valence-corrected chi connectivity index (χ0v) is 25.4. The van der Waals surface area contributed by atoms with E-state index >= 15 is 0 Å². The highest BCUT2D eigenvalue weighted by Gasteiger charge is 2.35. The summed E-state index contributed by atoms with van der Waals surface area (Å²) in [6.45, 7) is 7.49. The molecule has 0 N–H and O–H groups in total. The second-order valence-corrected chi connectivity index (χ2v) is 11.6. The molecule has 1 amide bonds. The number of carbonyl (C=O) groups excluding carboxylic acids is 2. The van der Waals surface area contributed by atoms with Crippen LogP contribution < -0.4 is 15.2 Å². The highest BCUT2D eigenvalue weighted by atomic mass is 32.2. The van der Waals surface area contributed by atoms with Gasteiger partial charge in [-0.05, 0) is 62.4 Å². The van der Waals surface area contributed by atoms with Crippen LogP contribution in [0.3, 0.4) is 0 Å². The van der Waals surface area contributed by atoms with Crippen molar-refractivity contribution in [3.63, 3.8) is 0 Å². The lowest BCUT2D eigenvalue weighted by molar-refractivity contribution is -0.148. The number of amides is 1. The number of hydrogen-bond acceptors (Lipinski definition) is 9. The van der Waals surface area contributed by atoms with Crippen LogP contribution >= 0.6 is 24.0 Å². The number of methoxy groups -OCH3 is 1. The minimum Gasteiger partial charge on any atom is -0.497 e. The second kappa shape index (κ2) is 13.4. The lowest BCUT2D eigenvalue weighted by atomic mass is 9.96. The van der Waals surface area contributed by atoms with Gasteiger partial charge < -0.3 is 14.4 Å². The van der Waals surface area contributed by atoms with E-state index in [1.807, 2.05) is 36.1 Å². The van der Waals surface area contributed by atoms with E-state index < -0.39 is 0 Å². The minimum atomic E-state index is -0.371. The molecule has 2 fully saturated rings. The smallest absolute Gasteiger partial charge is 0.310 e. The summed E-state index contributed by atoms with van der Waals surface area (Å²) in [6, 6.07) is 9.52. The molecular weight excluding hydrogens is 560 g/mol. The topological polar surface area (TPSA) is 105 Å². The fraction of sp³-hybridized carbons (Fsp3) is 0.433. The highest BCUT2D eigenvalue weighted by molar-refractivity contribution is 8.26. The van der Waals surface area contributed by atoms with Crippen molar-refractivity contribution in [2.24, 2.45) is 5.92 Å². The lowest BCUT2D eigenvalue weighted by Crippen LogP contribution is -2.43. The Labute approximate surface area is 249 Å². The van der Waals surface area contributed by atoms with Crippen molar-refractivity contribution in [1.29, 1.82) is 5.26 Å². The maximum absolute atomic E-state index is 13.6. The molecule has 41 heavy (non-hydrogen) atoms. The molecule has 1 aromatic carbocycles. The predicted molar refractivity (Wildman–Crippen MR) is 164 cm³/mol. The Balaban J connectivity index is 1.78. The predicted octanol–water partition coefficient (Wildman–Crippen LogP) is 4.63. The molecule has 9 nitrogen and oxygen atoms in total. The van der Waals surface area contributed by atoms with Gasteiger partial charge in [-0.25, -0.2) is 0 Å². The Morgan fingerprint density at radius 2 is 1.98 bits per heavy atom. The summed E-state index contributed by atoms with van der Waals surface area (Å²) >= 11 is 6.79. The monoisotopic (exact) mass is 594 g/mol. The zero-order valence-electron chi connectivity index (χ0n) is 23.8. The van der Waals surface area contributed by atoms with Crippen molar-refractivity contribution in [3.05, 3.63) is 61.8 Å². The molecule has 1 unspecified atom stereocenters. The number of benzene rings is 1. The minimum absolute atomic E-state index is 0.0427. The molecule has 4 rings (SSSR count). The van der Waals surface area contributed by atoms with Gasteiger partial charge in [0.15, 0.2) is 0 Å². The van der Waals surface area contributed by atoms with Gasteiger partial charge in [-0.1, -0.05) is 43.0 Å². The first-order valence-corrected chi connectivity index (χ1v) is 14.9. The molecule has 0 radical (unpaired) electrons. The van der Waals surface area contributed by atoms with Crippen molar-refractivity contribution in [2.45, 2.75) is 53.1 Å². The van der Waals surface area contributed by atoms with Gasteiger partial charge in [0.25, 0.3) is 11.5 Å². The van der Waals surface area contributed by atoms with Crippen LogP contribution in [0, 0.1) is 24.2 Å². The maximum Gasteiger partial charge on any atom is 0.310 e. The molecule has 0 spiro atoms. The third-order valence-electron chi connectivity index (χ3n) is 7.28. The van der Waals surface area contributed by atoms with Crippen LogP contribution in [0.2, 0.25) is 0 Å². The van der Waals surface area contributed by atoms with Crippen molar-refractivity contribution in [3.8, 4) is 11.8 Å². The fourth-order valence-corrected chi connectivity index (χ4v) is 6.46. The van der Waals surface area contributed by atoms with Crippen molar-refractivity contribution in [1.82, 2.24) is 9.47 Å². The summed E-state index contributed by atoms with van der Waals surface area (Å²) in [7, 11) is 1.60. The lowest BCUT2D eigenvalue weighted by Gasteiger charge is -2.36. The molecule has 0 aliphatic carbocycles. The number of piperidine rings is 1. The van der Waals surface area contributed by atoms with Crippen molar-refractivity contribution < 1.29 is 19.1 Å². The van der Waals surface area contributed by atoms with E-state index in [0.717, 1.165) is 17.7 Å². The van der Waals surface area contributed by atoms with Crippen LogP contribution in [0.5, 0.6) is 5.75 Å². The number of nitrogens with zero attached hydrogens (tertiary/aromatic N) is 4. The van der Waals surface area contributed by atoms with Gasteiger partial charge in [-0.15, -0.1) is 0 Å². The molecule has 1 atom stereocenters. The first kappa shape index (κ1) is 30.3. The number of nitriles is 1. The Hall–Kier alpha value is -3.62.